The number of hydrogen-bond acceptors (Lipinski definition) is 3. The summed E-state index contributed by atoms with van der Waals surface area (Å²) in [5.74, 6) is -0.223. The third kappa shape index (κ3) is 3.02. The van der Waals surface area contributed by atoms with Crippen molar-refractivity contribution in [3.05, 3.63) is 35.4 Å². The van der Waals surface area contributed by atoms with E-state index in [4.69, 9.17) is 0 Å². The highest BCUT2D eigenvalue weighted by molar-refractivity contribution is 5.89. The topological polar surface area (TPSA) is 52.7 Å². The maximum atomic E-state index is 14.3. The molecule has 3 heterocycles. The Labute approximate surface area is 165 Å². The summed E-state index contributed by atoms with van der Waals surface area (Å²) in [4.78, 5) is 29.5. The zero-order valence-corrected chi connectivity index (χ0v) is 16.4. The number of fused-ring (bicyclic) bond motifs is 3. The van der Waals surface area contributed by atoms with Crippen LogP contribution in [0.2, 0.25) is 0 Å². The lowest BCUT2D eigenvalue weighted by Gasteiger charge is -2.41. The molecule has 5 rings (SSSR count). The van der Waals surface area contributed by atoms with E-state index in [2.05, 4.69) is 22.3 Å². The number of alkyl halides is 1. The van der Waals surface area contributed by atoms with Gasteiger partial charge in [0.05, 0.1) is 6.04 Å². The quantitative estimate of drug-likeness (QED) is 0.868. The van der Waals surface area contributed by atoms with Gasteiger partial charge in [0.1, 0.15) is 0 Å². The Morgan fingerprint density at radius 2 is 1.75 bits per heavy atom. The van der Waals surface area contributed by atoms with Gasteiger partial charge in [-0.3, -0.25) is 14.5 Å². The minimum Gasteiger partial charge on any atom is -0.352 e. The molecule has 1 saturated carbocycles. The third-order valence-corrected chi connectivity index (χ3v) is 7.17. The lowest BCUT2D eigenvalue weighted by Crippen LogP contribution is -2.57. The van der Waals surface area contributed by atoms with Crippen LogP contribution in [0, 0.1) is 0 Å². The minimum absolute atomic E-state index is 0.0744. The molecule has 1 aliphatic carbocycles. The molecule has 4 atom stereocenters. The highest BCUT2D eigenvalue weighted by Gasteiger charge is 2.57. The number of amides is 2. The van der Waals surface area contributed by atoms with Crippen molar-refractivity contribution in [1.29, 1.82) is 0 Å². The lowest BCUT2D eigenvalue weighted by atomic mass is 9.92. The predicted molar refractivity (Wildman–Crippen MR) is 103 cm³/mol. The fourth-order valence-corrected chi connectivity index (χ4v) is 5.43. The Morgan fingerprint density at radius 1 is 1.11 bits per heavy atom. The molecule has 4 aliphatic rings. The summed E-state index contributed by atoms with van der Waals surface area (Å²) in [6.07, 6.45) is 4.82. The molecule has 1 aromatic rings. The summed E-state index contributed by atoms with van der Waals surface area (Å²) < 4.78 is 14.3. The first-order valence-electron chi connectivity index (χ1n) is 10.5. The van der Waals surface area contributed by atoms with Crippen LogP contribution in [0.25, 0.3) is 0 Å². The van der Waals surface area contributed by atoms with Crippen LogP contribution in [0.4, 0.5) is 4.39 Å². The van der Waals surface area contributed by atoms with Crippen LogP contribution in [0.15, 0.2) is 24.3 Å². The van der Waals surface area contributed by atoms with Crippen molar-refractivity contribution >= 4 is 11.8 Å². The van der Waals surface area contributed by atoms with E-state index in [1.54, 1.807) is 0 Å². The van der Waals surface area contributed by atoms with Crippen molar-refractivity contribution in [2.45, 2.75) is 81.3 Å². The number of benzene rings is 1. The van der Waals surface area contributed by atoms with E-state index in [1.165, 1.54) is 11.1 Å². The average Bonchev–Trinajstić information content (AvgIpc) is 3.37. The summed E-state index contributed by atoms with van der Waals surface area (Å²) in [6, 6.07) is 8.38. The molecule has 1 aromatic carbocycles. The summed E-state index contributed by atoms with van der Waals surface area (Å²) >= 11 is 0. The van der Waals surface area contributed by atoms with E-state index in [-0.39, 0.29) is 36.0 Å². The molecular weight excluding hydrogens is 357 g/mol. The summed E-state index contributed by atoms with van der Waals surface area (Å²) in [5, 5.41) is 3.25. The number of halogens is 1. The van der Waals surface area contributed by atoms with E-state index < -0.39 is 5.67 Å². The Balaban J connectivity index is 1.23. The first kappa shape index (κ1) is 18.1. The molecule has 6 heteroatoms. The molecule has 3 aliphatic heterocycles. The number of carbonyl (C=O) groups excluding carboxylic acids is 2. The van der Waals surface area contributed by atoms with Gasteiger partial charge in [0.15, 0.2) is 5.67 Å². The first-order chi connectivity index (χ1) is 13.4. The normalized spacial score (nSPS) is 33.3. The van der Waals surface area contributed by atoms with Crippen molar-refractivity contribution in [2.75, 3.05) is 7.05 Å². The van der Waals surface area contributed by atoms with Crippen molar-refractivity contribution in [1.82, 2.24) is 15.1 Å². The van der Waals surface area contributed by atoms with E-state index in [9.17, 15) is 14.0 Å². The molecule has 0 radical (unpaired) electrons. The largest absolute Gasteiger partial charge is 0.352 e. The molecule has 150 valence electrons. The van der Waals surface area contributed by atoms with Crippen LogP contribution in [-0.4, -0.2) is 58.5 Å². The summed E-state index contributed by atoms with van der Waals surface area (Å²) in [5.41, 5.74) is 0.952. The number of hydrogen-bond donors (Lipinski definition) is 1. The van der Waals surface area contributed by atoms with E-state index in [1.807, 2.05) is 24.1 Å². The van der Waals surface area contributed by atoms with Crippen LogP contribution < -0.4 is 5.32 Å². The molecule has 5 nitrogen and oxygen atoms in total. The maximum Gasteiger partial charge on any atom is 0.260 e. The van der Waals surface area contributed by atoms with Gasteiger partial charge in [-0.05, 0) is 63.1 Å². The highest BCUT2D eigenvalue weighted by atomic mass is 19.1. The Bertz CT molecular complexity index is 795. The molecule has 28 heavy (non-hydrogen) atoms. The second-order valence-electron chi connectivity index (χ2n) is 9.14. The summed E-state index contributed by atoms with van der Waals surface area (Å²) in [6.45, 7) is 0.783. The molecule has 3 fully saturated rings. The maximum absolute atomic E-state index is 14.3. The van der Waals surface area contributed by atoms with Crippen LogP contribution in [0.1, 0.15) is 49.7 Å². The number of nitrogens with zero attached hydrogens (tertiary/aromatic N) is 2. The second kappa shape index (κ2) is 6.55. The fraction of sp³-hybridized carbons (Fsp3) is 0.636. The zero-order chi connectivity index (χ0) is 19.5. The molecule has 2 saturated heterocycles. The number of likely N-dealkylation sites (N-methyl/N-ethyl adjacent to an activating group) is 1. The smallest absolute Gasteiger partial charge is 0.260 e. The van der Waals surface area contributed by atoms with Gasteiger partial charge in [0, 0.05) is 24.7 Å². The monoisotopic (exact) mass is 385 g/mol. The van der Waals surface area contributed by atoms with E-state index in [0.29, 0.717) is 12.8 Å². The third-order valence-electron chi connectivity index (χ3n) is 7.17. The molecule has 1 N–H and O–H groups in total. The number of nitrogens with one attached hydrogen (secondary N) is 1. The van der Waals surface area contributed by atoms with E-state index >= 15 is 0 Å². The van der Waals surface area contributed by atoms with Gasteiger partial charge in [-0.1, -0.05) is 24.3 Å². The van der Waals surface area contributed by atoms with Crippen molar-refractivity contribution in [3.8, 4) is 0 Å². The van der Waals surface area contributed by atoms with Crippen molar-refractivity contribution in [3.63, 3.8) is 0 Å². The molecule has 2 bridgehead atoms. The molecular formula is C22H28FN3O2. The van der Waals surface area contributed by atoms with Gasteiger partial charge in [0.25, 0.3) is 5.91 Å². The fourth-order valence-electron chi connectivity index (χ4n) is 5.43. The lowest BCUT2D eigenvalue weighted by molar-refractivity contribution is -0.143. The number of piperidine rings is 1. The SMILES string of the molecule is CN1Cc2ccccc2CC1C(=O)NC1C[C@H]2CC[C@@H](C1)N2C(=O)C1(F)CC1. The van der Waals surface area contributed by atoms with Crippen molar-refractivity contribution in [2.24, 2.45) is 0 Å². The summed E-state index contributed by atoms with van der Waals surface area (Å²) in [7, 11) is 2.00. The van der Waals surface area contributed by atoms with Gasteiger partial charge in [-0.25, -0.2) is 4.39 Å². The molecule has 0 aromatic heterocycles. The predicted octanol–water partition coefficient (Wildman–Crippen LogP) is 2.18. The van der Waals surface area contributed by atoms with Crippen LogP contribution in [0.3, 0.4) is 0 Å². The van der Waals surface area contributed by atoms with Crippen molar-refractivity contribution < 1.29 is 14.0 Å². The van der Waals surface area contributed by atoms with Gasteiger partial charge in [-0.2, -0.15) is 0 Å². The van der Waals surface area contributed by atoms with Gasteiger partial charge < -0.3 is 10.2 Å². The van der Waals surface area contributed by atoms with Gasteiger partial charge >= 0.3 is 0 Å². The minimum atomic E-state index is -1.59. The zero-order valence-electron chi connectivity index (χ0n) is 16.4. The molecule has 0 spiro atoms. The molecule has 2 unspecified atom stereocenters. The van der Waals surface area contributed by atoms with Gasteiger partial charge in [-0.15, -0.1) is 0 Å². The number of rotatable bonds is 3. The van der Waals surface area contributed by atoms with Crippen LogP contribution in [0.5, 0.6) is 0 Å². The van der Waals surface area contributed by atoms with E-state index in [0.717, 1.165) is 38.6 Å². The standard InChI is InChI=1S/C22H28FN3O2/c1-25-13-15-5-3-2-4-14(15)10-19(25)20(27)24-16-11-17-6-7-18(12-16)26(17)21(28)22(23)8-9-22/h2-5,16-19H,6-13H2,1H3,(H,24,27)/t16?,17-,18+,19?. The number of carbonyl (C=O) groups is 2. The van der Waals surface area contributed by atoms with Crippen LogP contribution >= 0.6 is 0 Å². The van der Waals surface area contributed by atoms with Crippen LogP contribution in [-0.2, 0) is 22.6 Å². The Hall–Kier alpha value is -1.95. The van der Waals surface area contributed by atoms with Gasteiger partial charge in [0.2, 0.25) is 5.91 Å². The molecule has 2 amide bonds. The highest BCUT2D eigenvalue weighted by Crippen LogP contribution is 2.46. The first-order valence-corrected chi connectivity index (χ1v) is 10.5. The Kier molecular flexibility index (Phi) is 4.23. The Morgan fingerprint density at radius 3 is 2.39 bits per heavy atom. The second-order valence-corrected chi connectivity index (χ2v) is 9.14. The average molecular weight is 385 g/mol.